The zero-order valence-corrected chi connectivity index (χ0v) is 16.0. The van der Waals surface area contributed by atoms with Crippen LogP contribution in [0.1, 0.15) is 22.3 Å². The van der Waals surface area contributed by atoms with Gasteiger partial charge in [0.25, 0.3) is 0 Å². The minimum Gasteiger partial charge on any atom is -0.361 e. The van der Waals surface area contributed by atoms with E-state index in [9.17, 15) is 5.26 Å². The molecule has 4 nitrogen and oxygen atoms in total. The van der Waals surface area contributed by atoms with E-state index in [-0.39, 0.29) is 0 Å². The number of pyridine rings is 1. The van der Waals surface area contributed by atoms with Crippen LogP contribution in [0.2, 0.25) is 5.02 Å². The molecule has 0 aliphatic heterocycles. The van der Waals surface area contributed by atoms with Gasteiger partial charge in [-0.3, -0.25) is 4.98 Å². The maximum atomic E-state index is 9.57. The highest BCUT2D eigenvalue weighted by Gasteiger charge is 2.11. The predicted octanol–water partition coefficient (Wildman–Crippen LogP) is 6.31. The second kappa shape index (κ2) is 7.59. The van der Waals surface area contributed by atoms with Crippen LogP contribution in [-0.2, 0) is 0 Å². The third kappa shape index (κ3) is 3.48. The number of anilines is 2. The standard InChI is InChI=1S/C23H17ClN4/c1-15-20-10-11-27-22(20)9-8-21(15)28-23-17(13-26-14-18(23)12-25)5-2-16-3-6-19(24)7-4-16/h2-11,13-14,27H,1H3,(H,26,28)/b5-2+. The Balaban J connectivity index is 1.74. The van der Waals surface area contributed by atoms with Crippen molar-refractivity contribution in [3.05, 3.63) is 88.3 Å². The molecular formula is C23H17ClN4. The molecule has 2 aromatic carbocycles. The predicted molar refractivity (Wildman–Crippen MR) is 116 cm³/mol. The minimum atomic E-state index is 0.492. The number of aromatic amines is 1. The minimum absolute atomic E-state index is 0.492. The molecule has 4 rings (SSSR count). The monoisotopic (exact) mass is 384 g/mol. The Bertz CT molecular complexity index is 1210. The Morgan fingerprint density at radius 1 is 1.07 bits per heavy atom. The number of nitrogens with zero attached hydrogens (tertiary/aromatic N) is 2. The topological polar surface area (TPSA) is 64.5 Å². The molecule has 2 N–H and O–H groups in total. The number of rotatable bonds is 4. The number of benzene rings is 2. The summed E-state index contributed by atoms with van der Waals surface area (Å²) in [7, 11) is 0. The van der Waals surface area contributed by atoms with E-state index in [4.69, 9.17) is 11.6 Å². The van der Waals surface area contributed by atoms with E-state index in [1.807, 2.05) is 54.7 Å². The van der Waals surface area contributed by atoms with Crippen LogP contribution in [0, 0.1) is 18.3 Å². The summed E-state index contributed by atoms with van der Waals surface area (Å²) >= 11 is 5.95. The van der Waals surface area contributed by atoms with E-state index in [0.717, 1.165) is 39.0 Å². The van der Waals surface area contributed by atoms with Crippen LogP contribution in [0.25, 0.3) is 23.1 Å². The van der Waals surface area contributed by atoms with Gasteiger partial charge in [-0.15, -0.1) is 0 Å². The third-order valence-corrected chi connectivity index (χ3v) is 4.94. The number of hydrogen-bond donors (Lipinski definition) is 2. The molecule has 0 atom stereocenters. The maximum absolute atomic E-state index is 9.57. The van der Waals surface area contributed by atoms with Crippen molar-refractivity contribution < 1.29 is 0 Å². The highest BCUT2D eigenvalue weighted by atomic mass is 35.5. The first-order chi connectivity index (χ1) is 13.7. The second-order valence-corrected chi connectivity index (χ2v) is 6.89. The molecule has 28 heavy (non-hydrogen) atoms. The number of aromatic nitrogens is 2. The van der Waals surface area contributed by atoms with Crippen molar-refractivity contribution in [1.29, 1.82) is 5.26 Å². The highest BCUT2D eigenvalue weighted by molar-refractivity contribution is 6.30. The Labute approximate surface area is 168 Å². The highest BCUT2D eigenvalue weighted by Crippen LogP contribution is 2.31. The molecule has 2 heterocycles. The van der Waals surface area contributed by atoms with Gasteiger partial charge in [0, 0.05) is 45.8 Å². The van der Waals surface area contributed by atoms with Crippen molar-refractivity contribution >= 4 is 46.0 Å². The van der Waals surface area contributed by atoms with Crippen molar-refractivity contribution in [3.8, 4) is 6.07 Å². The molecule has 0 spiro atoms. The Morgan fingerprint density at radius 3 is 2.68 bits per heavy atom. The quantitative estimate of drug-likeness (QED) is 0.433. The lowest BCUT2D eigenvalue weighted by atomic mass is 10.1. The summed E-state index contributed by atoms with van der Waals surface area (Å²) < 4.78 is 0. The van der Waals surface area contributed by atoms with Gasteiger partial charge < -0.3 is 10.3 Å². The number of fused-ring (bicyclic) bond motifs is 1. The van der Waals surface area contributed by atoms with Crippen molar-refractivity contribution in [2.45, 2.75) is 6.92 Å². The van der Waals surface area contributed by atoms with E-state index in [0.29, 0.717) is 10.6 Å². The summed E-state index contributed by atoms with van der Waals surface area (Å²) in [5.41, 5.74) is 6.24. The van der Waals surface area contributed by atoms with Gasteiger partial charge in [-0.1, -0.05) is 35.9 Å². The smallest absolute Gasteiger partial charge is 0.103 e. The normalized spacial score (nSPS) is 11.0. The van der Waals surface area contributed by atoms with E-state index in [1.54, 1.807) is 12.4 Å². The third-order valence-electron chi connectivity index (χ3n) is 4.68. The van der Waals surface area contributed by atoms with Crippen LogP contribution < -0.4 is 5.32 Å². The molecule has 0 bridgehead atoms. The second-order valence-electron chi connectivity index (χ2n) is 6.45. The molecule has 0 saturated carbocycles. The van der Waals surface area contributed by atoms with Crippen molar-refractivity contribution in [2.24, 2.45) is 0 Å². The first-order valence-electron chi connectivity index (χ1n) is 8.81. The SMILES string of the molecule is Cc1c(Nc2c(C#N)cncc2/C=C/c2ccc(Cl)cc2)ccc2[nH]ccc12. The van der Waals surface area contributed by atoms with Crippen LogP contribution >= 0.6 is 11.6 Å². The molecule has 0 aliphatic carbocycles. The molecule has 0 radical (unpaired) electrons. The van der Waals surface area contributed by atoms with Crippen molar-refractivity contribution in [2.75, 3.05) is 5.32 Å². The number of nitrogens with one attached hydrogen (secondary N) is 2. The fourth-order valence-electron chi connectivity index (χ4n) is 3.14. The summed E-state index contributed by atoms with van der Waals surface area (Å²) in [6.07, 6.45) is 9.17. The first kappa shape index (κ1) is 17.8. The maximum Gasteiger partial charge on any atom is 0.103 e. The van der Waals surface area contributed by atoms with Crippen molar-refractivity contribution in [1.82, 2.24) is 9.97 Å². The lowest BCUT2D eigenvalue weighted by Crippen LogP contribution is -1.99. The molecule has 0 amide bonds. The van der Waals surface area contributed by atoms with Gasteiger partial charge in [-0.05, 0) is 48.4 Å². The molecule has 0 saturated heterocycles. The average Bonchev–Trinajstić information content (AvgIpc) is 3.20. The molecular weight excluding hydrogens is 368 g/mol. The average molecular weight is 385 g/mol. The number of halogens is 1. The van der Waals surface area contributed by atoms with E-state index < -0.39 is 0 Å². The Kier molecular flexibility index (Phi) is 4.84. The van der Waals surface area contributed by atoms with E-state index >= 15 is 0 Å². The number of nitriles is 1. The molecule has 0 unspecified atom stereocenters. The first-order valence-corrected chi connectivity index (χ1v) is 9.19. The van der Waals surface area contributed by atoms with Gasteiger partial charge in [0.05, 0.1) is 11.3 Å². The molecule has 0 fully saturated rings. The van der Waals surface area contributed by atoms with Gasteiger partial charge in [-0.25, -0.2) is 0 Å². The van der Waals surface area contributed by atoms with Crippen LogP contribution in [0.5, 0.6) is 0 Å². The summed E-state index contributed by atoms with van der Waals surface area (Å²) in [4.78, 5) is 7.43. The summed E-state index contributed by atoms with van der Waals surface area (Å²) in [5, 5.41) is 14.9. The summed E-state index contributed by atoms with van der Waals surface area (Å²) in [6.45, 7) is 2.06. The summed E-state index contributed by atoms with van der Waals surface area (Å²) in [5.74, 6) is 0. The Hall–Kier alpha value is -3.55. The lowest BCUT2D eigenvalue weighted by molar-refractivity contribution is 1.28. The molecule has 5 heteroatoms. The largest absolute Gasteiger partial charge is 0.361 e. The van der Waals surface area contributed by atoms with Crippen molar-refractivity contribution in [3.63, 3.8) is 0 Å². The van der Waals surface area contributed by atoms with Gasteiger partial charge in [-0.2, -0.15) is 5.26 Å². The molecule has 136 valence electrons. The summed E-state index contributed by atoms with van der Waals surface area (Å²) in [6, 6.07) is 15.9. The van der Waals surface area contributed by atoms with Gasteiger partial charge in [0.2, 0.25) is 0 Å². The van der Waals surface area contributed by atoms with E-state index in [1.165, 1.54) is 0 Å². The van der Waals surface area contributed by atoms with Gasteiger partial charge in [0.15, 0.2) is 0 Å². The fourth-order valence-corrected chi connectivity index (χ4v) is 3.27. The number of aryl methyl sites for hydroxylation is 1. The number of hydrogen-bond acceptors (Lipinski definition) is 3. The van der Waals surface area contributed by atoms with Gasteiger partial charge in [0.1, 0.15) is 6.07 Å². The fraction of sp³-hybridized carbons (Fsp3) is 0.0435. The molecule has 2 aromatic heterocycles. The van der Waals surface area contributed by atoms with Crippen LogP contribution in [-0.4, -0.2) is 9.97 Å². The van der Waals surface area contributed by atoms with E-state index in [2.05, 4.69) is 34.3 Å². The number of H-pyrrole nitrogens is 1. The zero-order chi connectivity index (χ0) is 19.5. The van der Waals surface area contributed by atoms with Crippen LogP contribution in [0.4, 0.5) is 11.4 Å². The lowest BCUT2D eigenvalue weighted by Gasteiger charge is -2.14. The van der Waals surface area contributed by atoms with Crippen LogP contribution in [0.3, 0.4) is 0 Å². The Morgan fingerprint density at radius 2 is 1.89 bits per heavy atom. The zero-order valence-electron chi connectivity index (χ0n) is 15.2. The molecule has 0 aliphatic rings. The van der Waals surface area contributed by atoms with Gasteiger partial charge >= 0.3 is 0 Å². The van der Waals surface area contributed by atoms with Crippen LogP contribution in [0.15, 0.2) is 61.1 Å². The molecule has 4 aromatic rings.